The van der Waals surface area contributed by atoms with E-state index in [9.17, 15) is 9.59 Å². The van der Waals surface area contributed by atoms with Crippen molar-refractivity contribution in [2.24, 2.45) is 0 Å². The van der Waals surface area contributed by atoms with Crippen molar-refractivity contribution in [1.82, 2.24) is 10.3 Å². The molecule has 0 aliphatic carbocycles. The van der Waals surface area contributed by atoms with Crippen molar-refractivity contribution in [3.8, 4) is 5.75 Å². The summed E-state index contributed by atoms with van der Waals surface area (Å²) in [5, 5.41) is 29.2. The maximum absolute atomic E-state index is 12.6. The van der Waals surface area contributed by atoms with Crippen molar-refractivity contribution < 1.29 is 24.5 Å². The average Bonchev–Trinajstić information content (AvgIpc) is 3.33. The summed E-state index contributed by atoms with van der Waals surface area (Å²) in [6, 6.07) is 14.1. The van der Waals surface area contributed by atoms with E-state index in [-0.39, 0.29) is 38.2 Å². The van der Waals surface area contributed by atoms with Gasteiger partial charge in [0, 0.05) is 59.4 Å². The van der Waals surface area contributed by atoms with Crippen molar-refractivity contribution in [1.29, 1.82) is 0 Å². The molecule has 2 heterocycles. The van der Waals surface area contributed by atoms with E-state index in [0.29, 0.717) is 29.1 Å². The van der Waals surface area contributed by atoms with Crippen LogP contribution in [0.5, 0.6) is 5.75 Å². The monoisotopic (exact) mass is 506 g/mol. The highest BCUT2D eigenvalue weighted by Crippen LogP contribution is 2.29. The Morgan fingerprint density at radius 3 is 2.53 bits per heavy atom. The molecule has 4 rings (SSSR count). The highest BCUT2D eigenvalue weighted by atomic mass is 32.1. The number of aliphatic hydroxyl groups is 2. The molecule has 0 radical (unpaired) electrons. The molecule has 0 aliphatic heterocycles. The number of carbonyl (C=O) groups is 2. The van der Waals surface area contributed by atoms with Gasteiger partial charge in [0.15, 0.2) is 0 Å². The zero-order valence-corrected chi connectivity index (χ0v) is 20.2. The molecule has 0 atom stereocenters. The molecule has 0 spiro atoms. The number of aliphatic hydroxyl groups excluding tert-OH is 2. The summed E-state index contributed by atoms with van der Waals surface area (Å²) in [5.74, 6) is 0.0549. The third-order valence-electron chi connectivity index (χ3n) is 5.28. The molecule has 2 amide bonds. The predicted octanol–water partition coefficient (Wildman–Crippen LogP) is 3.25. The molecular weight excluding hydrogens is 480 g/mol. The molecule has 0 saturated heterocycles. The van der Waals surface area contributed by atoms with Crippen LogP contribution >= 0.6 is 11.3 Å². The first-order valence-electron chi connectivity index (χ1n) is 11.3. The second-order valence-electron chi connectivity index (χ2n) is 7.80. The predicted molar refractivity (Wildman–Crippen MR) is 140 cm³/mol. The third-order valence-corrected chi connectivity index (χ3v) is 6.36. The number of hydrogen-bond donors (Lipinski definition) is 5. The summed E-state index contributed by atoms with van der Waals surface area (Å²) in [7, 11) is 0. The second-order valence-corrected chi connectivity index (χ2v) is 8.68. The molecule has 36 heavy (non-hydrogen) atoms. The third kappa shape index (κ3) is 6.16. The molecular formula is C26H26N4O5S. The number of nitrogens with zero attached hydrogens (tertiary/aromatic N) is 1. The Labute approximate surface area is 211 Å². The van der Waals surface area contributed by atoms with E-state index in [2.05, 4.69) is 20.9 Å². The molecule has 2 aromatic heterocycles. The van der Waals surface area contributed by atoms with Crippen LogP contribution in [0, 0.1) is 0 Å². The zero-order chi connectivity index (χ0) is 25.3. The van der Waals surface area contributed by atoms with Crippen LogP contribution in [0.15, 0.2) is 66.3 Å². The Bertz CT molecular complexity index is 1340. The summed E-state index contributed by atoms with van der Waals surface area (Å²) >= 11 is 1.43. The van der Waals surface area contributed by atoms with Gasteiger partial charge in [-0.1, -0.05) is 6.07 Å². The Balaban J connectivity index is 1.40. The lowest BCUT2D eigenvalue weighted by Crippen LogP contribution is -2.26. The van der Waals surface area contributed by atoms with E-state index in [4.69, 9.17) is 14.9 Å². The quantitative estimate of drug-likeness (QED) is 0.211. The summed E-state index contributed by atoms with van der Waals surface area (Å²) in [6.07, 6.45) is 3.22. The van der Waals surface area contributed by atoms with Gasteiger partial charge in [0.05, 0.1) is 23.5 Å². The number of thiophene rings is 1. The number of nitrogens with one attached hydrogen (secondary N) is 3. The van der Waals surface area contributed by atoms with Crippen LogP contribution in [-0.4, -0.2) is 53.3 Å². The summed E-state index contributed by atoms with van der Waals surface area (Å²) in [4.78, 5) is 29.2. The van der Waals surface area contributed by atoms with E-state index in [1.807, 2.05) is 5.38 Å². The van der Waals surface area contributed by atoms with Gasteiger partial charge < -0.3 is 30.9 Å². The van der Waals surface area contributed by atoms with Gasteiger partial charge in [-0.15, -0.1) is 11.3 Å². The van der Waals surface area contributed by atoms with Gasteiger partial charge in [0.25, 0.3) is 11.8 Å². The standard InChI is InChI=1S/C26H26N4O5S/c31-10-8-28-19-6-4-17(5-7-19)25(33)30-20-2-1-3-21(12-20)35-15-18-16-36-24-22(18)13-27-14-23(24)26(34)29-9-11-32/h1-7,12-14,16,28,31-32H,8-11,15H2,(H,29,34)(H,30,33). The van der Waals surface area contributed by atoms with Crippen LogP contribution in [0.3, 0.4) is 0 Å². The number of anilines is 2. The molecule has 10 heteroatoms. The average molecular weight is 507 g/mol. The summed E-state index contributed by atoms with van der Waals surface area (Å²) < 4.78 is 6.77. The first-order chi connectivity index (χ1) is 17.6. The van der Waals surface area contributed by atoms with Crippen molar-refractivity contribution >= 4 is 44.6 Å². The number of aromatic nitrogens is 1. The minimum absolute atomic E-state index is 0.0315. The normalized spacial score (nSPS) is 10.7. The second kappa shape index (κ2) is 12.1. The highest BCUT2D eigenvalue weighted by molar-refractivity contribution is 7.17. The number of pyridine rings is 1. The van der Waals surface area contributed by atoms with Crippen LogP contribution < -0.4 is 20.7 Å². The number of hydrogen-bond acceptors (Lipinski definition) is 8. The zero-order valence-electron chi connectivity index (χ0n) is 19.4. The Kier molecular flexibility index (Phi) is 8.45. The van der Waals surface area contributed by atoms with Crippen LogP contribution in [-0.2, 0) is 6.61 Å². The lowest BCUT2D eigenvalue weighted by Gasteiger charge is -2.10. The van der Waals surface area contributed by atoms with Gasteiger partial charge in [-0.25, -0.2) is 0 Å². The maximum atomic E-state index is 12.6. The largest absolute Gasteiger partial charge is 0.489 e. The topological polar surface area (TPSA) is 133 Å². The number of carbonyl (C=O) groups excluding carboxylic acids is 2. The number of rotatable bonds is 11. The Hall–Kier alpha value is -3.99. The van der Waals surface area contributed by atoms with Gasteiger partial charge in [0.1, 0.15) is 12.4 Å². The SMILES string of the molecule is O=C(Nc1cccc(OCc2csc3c(C(=O)NCCO)cncc23)c1)c1ccc(NCCO)cc1. The highest BCUT2D eigenvalue weighted by Gasteiger charge is 2.15. The molecule has 0 aliphatic rings. The molecule has 0 saturated carbocycles. The van der Waals surface area contributed by atoms with E-state index < -0.39 is 0 Å². The van der Waals surface area contributed by atoms with Crippen molar-refractivity contribution in [3.05, 3.63) is 83.0 Å². The van der Waals surface area contributed by atoms with Crippen molar-refractivity contribution in [2.75, 3.05) is 36.9 Å². The maximum Gasteiger partial charge on any atom is 0.255 e. The Morgan fingerprint density at radius 2 is 1.75 bits per heavy atom. The first kappa shape index (κ1) is 25.1. The fourth-order valence-electron chi connectivity index (χ4n) is 3.50. The van der Waals surface area contributed by atoms with Gasteiger partial charge in [-0.3, -0.25) is 14.6 Å². The summed E-state index contributed by atoms with van der Waals surface area (Å²) in [5.41, 5.74) is 3.28. The molecule has 2 aromatic carbocycles. The number of ether oxygens (including phenoxy) is 1. The molecule has 0 bridgehead atoms. The molecule has 186 valence electrons. The van der Waals surface area contributed by atoms with Gasteiger partial charge in [-0.05, 0) is 41.8 Å². The summed E-state index contributed by atoms with van der Waals surface area (Å²) in [6.45, 7) is 0.786. The van der Waals surface area contributed by atoms with Crippen molar-refractivity contribution in [2.45, 2.75) is 6.61 Å². The van der Waals surface area contributed by atoms with E-state index in [0.717, 1.165) is 21.3 Å². The van der Waals surface area contributed by atoms with Gasteiger partial charge in [-0.2, -0.15) is 0 Å². The van der Waals surface area contributed by atoms with E-state index >= 15 is 0 Å². The molecule has 4 aromatic rings. The van der Waals surface area contributed by atoms with Crippen LogP contribution in [0.2, 0.25) is 0 Å². The number of fused-ring (bicyclic) bond motifs is 1. The van der Waals surface area contributed by atoms with Crippen LogP contribution in [0.4, 0.5) is 11.4 Å². The van der Waals surface area contributed by atoms with Gasteiger partial charge in [0.2, 0.25) is 0 Å². The lowest BCUT2D eigenvalue weighted by atomic mass is 10.1. The molecule has 9 nitrogen and oxygen atoms in total. The number of benzene rings is 2. The molecule has 5 N–H and O–H groups in total. The fourth-order valence-corrected chi connectivity index (χ4v) is 4.54. The van der Waals surface area contributed by atoms with Gasteiger partial charge >= 0.3 is 0 Å². The Morgan fingerprint density at radius 1 is 0.944 bits per heavy atom. The molecule has 0 fully saturated rings. The molecule has 0 unspecified atom stereocenters. The van der Waals surface area contributed by atoms with E-state index in [1.165, 1.54) is 17.5 Å². The first-order valence-corrected chi connectivity index (χ1v) is 12.2. The van der Waals surface area contributed by atoms with Crippen LogP contribution in [0.25, 0.3) is 10.1 Å². The number of amides is 2. The minimum atomic E-state index is -0.282. The van der Waals surface area contributed by atoms with Crippen molar-refractivity contribution in [3.63, 3.8) is 0 Å². The van der Waals surface area contributed by atoms with E-state index in [1.54, 1.807) is 54.7 Å². The fraction of sp³-hybridized carbons (Fsp3) is 0.192. The van der Waals surface area contributed by atoms with Crippen LogP contribution in [0.1, 0.15) is 26.3 Å². The smallest absolute Gasteiger partial charge is 0.255 e. The minimum Gasteiger partial charge on any atom is -0.489 e. The lowest BCUT2D eigenvalue weighted by molar-refractivity contribution is 0.0945.